The lowest BCUT2D eigenvalue weighted by Crippen LogP contribution is -2.59. The largest absolute Gasteiger partial charge is 0.448 e. The summed E-state index contributed by atoms with van der Waals surface area (Å²) in [5.41, 5.74) is 4.97. The van der Waals surface area contributed by atoms with Gasteiger partial charge in [0.25, 0.3) is 0 Å². The van der Waals surface area contributed by atoms with Crippen LogP contribution < -0.4 is 5.32 Å². The molecule has 1 N–H and O–H groups in total. The van der Waals surface area contributed by atoms with Crippen LogP contribution in [-0.2, 0) is 9.47 Å². The number of amides is 1. The first-order chi connectivity index (χ1) is 12.8. The van der Waals surface area contributed by atoms with Crippen LogP contribution >= 0.6 is 0 Å². The van der Waals surface area contributed by atoms with E-state index in [-0.39, 0.29) is 24.1 Å². The fourth-order valence-corrected chi connectivity index (χ4v) is 4.48. The number of benzene rings is 2. The summed E-state index contributed by atoms with van der Waals surface area (Å²) >= 11 is 0. The number of carbonyl (C=O) groups excluding carboxylic acids is 1. The molecule has 5 nitrogen and oxygen atoms in total. The lowest BCUT2D eigenvalue weighted by Gasteiger charge is -2.36. The van der Waals surface area contributed by atoms with Gasteiger partial charge in [0.15, 0.2) is 0 Å². The lowest BCUT2D eigenvalue weighted by molar-refractivity contribution is 0.0679. The second-order valence-electron chi connectivity index (χ2n) is 7.16. The van der Waals surface area contributed by atoms with E-state index >= 15 is 0 Å². The van der Waals surface area contributed by atoms with Gasteiger partial charge in [-0.2, -0.15) is 0 Å². The summed E-state index contributed by atoms with van der Waals surface area (Å²) in [7, 11) is 0. The van der Waals surface area contributed by atoms with E-state index in [9.17, 15) is 4.79 Å². The van der Waals surface area contributed by atoms with Crippen molar-refractivity contribution < 1.29 is 14.3 Å². The average molecular weight is 350 g/mol. The van der Waals surface area contributed by atoms with E-state index in [1.54, 1.807) is 0 Å². The molecule has 2 heterocycles. The van der Waals surface area contributed by atoms with Crippen LogP contribution in [0.5, 0.6) is 0 Å². The van der Waals surface area contributed by atoms with E-state index in [0.29, 0.717) is 26.4 Å². The molecule has 134 valence electrons. The van der Waals surface area contributed by atoms with Gasteiger partial charge in [-0.25, -0.2) is 4.79 Å². The molecule has 2 saturated heterocycles. The van der Waals surface area contributed by atoms with Crippen molar-refractivity contribution in [2.45, 2.75) is 18.0 Å². The molecule has 0 radical (unpaired) electrons. The first kappa shape index (κ1) is 15.9. The second-order valence-corrected chi connectivity index (χ2v) is 7.16. The number of nitrogens with zero attached hydrogens (tertiary/aromatic N) is 1. The molecule has 2 aliphatic heterocycles. The van der Waals surface area contributed by atoms with Gasteiger partial charge in [-0.15, -0.1) is 0 Å². The highest BCUT2D eigenvalue weighted by molar-refractivity contribution is 5.79. The van der Waals surface area contributed by atoms with E-state index in [4.69, 9.17) is 9.47 Å². The molecule has 0 saturated carbocycles. The van der Waals surface area contributed by atoms with Crippen LogP contribution in [0.25, 0.3) is 11.1 Å². The number of hydrogen-bond donors (Lipinski definition) is 1. The van der Waals surface area contributed by atoms with E-state index < -0.39 is 0 Å². The van der Waals surface area contributed by atoms with Crippen molar-refractivity contribution in [3.05, 3.63) is 59.7 Å². The minimum absolute atomic E-state index is 0.0828. The van der Waals surface area contributed by atoms with Crippen molar-refractivity contribution in [1.29, 1.82) is 0 Å². The third kappa shape index (κ3) is 2.50. The lowest BCUT2D eigenvalue weighted by atomic mass is 9.98. The monoisotopic (exact) mass is 350 g/mol. The van der Waals surface area contributed by atoms with Gasteiger partial charge in [0.1, 0.15) is 6.61 Å². The van der Waals surface area contributed by atoms with Gasteiger partial charge >= 0.3 is 6.09 Å². The highest BCUT2D eigenvalue weighted by Gasteiger charge is 2.39. The van der Waals surface area contributed by atoms with E-state index in [1.807, 2.05) is 4.90 Å². The first-order valence-electron chi connectivity index (χ1n) is 9.25. The Balaban J connectivity index is 1.35. The number of piperazine rings is 1. The Kier molecular flexibility index (Phi) is 3.91. The van der Waals surface area contributed by atoms with Gasteiger partial charge in [0.2, 0.25) is 0 Å². The molecule has 5 rings (SSSR count). The highest BCUT2D eigenvalue weighted by atomic mass is 16.6. The number of carbonyl (C=O) groups is 1. The molecule has 26 heavy (non-hydrogen) atoms. The maximum absolute atomic E-state index is 12.7. The van der Waals surface area contributed by atoms with Crippen molar-refractivity contribution in [2.75, 3.05) is 32.9 Å². The topological polar surface area (TPSA) is 50.8 Å². The molecule has 2 unspecified atom stereocenters. The summed E-state index contributed by atoms with van der Waals surface area (Å²) in [6, 6.07) is 17.1. The smallest absolute Gasteiger partial charge is 0.410 e. The fraction of sp³-hybridized carbons (Fsp3) is 0.381. The van der Waals surface area contributed by atoms with E-state index in [0.717, 1.165) is 6.54 Å². The van der Waals surface area contributed by atoms with Gasteiger partial charge in [0, 0.05) is 19.0 Å². The summed E-state index contributed by atoms with van der Waals surface area (Å²) in [6.45, 7) is 3.07. The Morgan fingerprint density at radius 1 is 1.08 bits per heavy atom. The number of nitrogens with one attached hydrogen (secondary N) is 1. The molecule has 2 aromatic rings. The van der Waals surface area contributed by atoms with Crippen molar-refractivity contribution in [3.63, 3.8) is 0 Å². The zero-order valence-corrected chi connectivity index (χ0v) is 14.6. The Bertz CT molecular complexity index is 792. The predicted octanol–water partition coefficient (Wildman–Crippen LogP) is 2.61. The number of hydrogen-bond acceptors (Lipinski definition) is 4. The Hall–Kier alpha value is -2.37. The normalized spacial score (nSPS) is 24.1. The van der Waals surface area contributed by atoms with Gasteiger partial charge in [-0.05, 0) is 22.3 Å². The average Bonchev–Trinajstić information content (AvgIpc) is 3.29. The first-order valence-corrected chi connectivity index (χ1v) is 9.25. The summed E-state index contributed by atoms with van der Waals surface area (Å²) in [5.74, 6) is 0.102. The third-order valence-electron chi connectivity index (χ3n) is 5.78. The highest BCUT2D eigenvalue weighted by Crippen LogP contribution is 2.44. The fourth-order valence-electron chi connectivity index (χ4n) is 4.48. The van der Waals surface area contributed by atoms with Crippen LogP contribution in [0.15, 0.2) is 48.5 Å². The summed E-state index contributed by atoms with van der Waals surface area (Å²) < 4.78 is 11.3. The summed E-state index contributed by atoms with van der Waals surface area (Å²) in [4.78, 5) is 14.6. The maximum atomic E-state index is 12.7. The third-order valence-corrected chi connectivity index (χ3v) is 5.78. The summed E-state index contributed by atoms with van der Waals surface area (Å²) in [6.07, 6.45) is -0.228. The van der Waals surface area contributed by atoms with Crippen molar-refractivity contribution in [1.82, 2.24) is 10.2 Å². The van der Waals surface area contributed by atoms with Gasteiger partial charge in [0.05, 0.1) is 25.3 Å². The molecule has 3 aliphatic rings. The van der Waals surface area contributed by atoms with Gasteiger partial charge in [-0.3, -0.25) is 4.90 Å². The minimum atomic E-state index is -0.228. The molecular formula is C21H22N2O3. The molecule has 0 spiro atoms. The molecule has 2 fully saturated rings. The second kappa shape index (κ2) is 6.41. The van der Waals surface area contributed by atoms with Crippen LogP contribution in [0, 0.1) is 0 Å². The number of rotatable bonds is 2. The van der Waals surface area contributed by atoms with Crippen LogP contribution in [-0.4, -0.2) is 56.0 Å². The SMILES string of the molecule is O=C(OCC1c2ccccc2-c2ccccc21)N1CCNC2COCC21. The van der Waals surface area contributed by atoms with Crippen LogP contribution in [0.1, 0.15) is 17.0 Å². The van der Waals surface area contributed by atoms with Crippen molar-refractivity contribution in [2.24, 2.45) is 0 Å². The Labute approximate surface area is 152 Å². The van der Waals surface area contributed by atoms with Gasteiger partial charge < -0.3 is 14.8 Å². The Morgan fingerprint density at radius 3 is 2.50 bits per heavy atom. The molecule has 0 aromatic heterocycles. The van der Waals surface area contributed by atoms with Crippen LogP contribution in [0.4, 0.5) is 4.79 Å². The number of ether oxygens (including phenoxy) is 2. The standard InChI is InChI=1S/C21H22N2O3/c24-21(23-10-9-22-19-12-25-13-20(19)23)26-11-18-16-7-3-1-5-14(16)15-6-2-4-8-17(15)18/h1-8,18-20,22H,9-13H2. The zero-order valence-electron chi connectivity index (χ0n) is 14.6. The van der Waals surface area contributed by atoms with Gasteiger partial charge in [-0.1, -0.05) is 48.5 Å². The molecule has 1 aliphatic carbocycles. The molecule has 5 heteroatoms. The molecule has 2 aromatic carbocycles. The zero-order chi connectivity index (χ0) is 17.5. The molecule has 2 atom stereocenters. The minimum Gasteiger partial charge on any atom is -0.448 e. The summed E-state index contributed by atoms with van der Waals surface area (Å²) in [5, 5.41) is 3.41. The predicted molar refractivity (Wildman–Crippen MR) is 98.2 cm³/mol. The van der Waals surface area contributed by atoms with Crippen LogP contribution in [0.2, 0.25) is 0 Å². The van der Waals surface area contributed by atoms with Crippen molar-refractivity contribution in [3.8, 4) is 11.1 Å². The quantitative estimate of drug-likeness (QED) is 0.905. The van der Waals surface area contributed by atoms with Crippen molar-refractivity contribution >= 4 is 6.09 Å². The van der Waals surface area contributed by atoms with E-state index in [1.165, 1.54) is 22.3 Å². The van der Waals surface area contributed by atoms with Crippen LogP contribution in [0.3, 0.4) is 0 Å². The molecular weight excluding hydrogens is 328 g/mol. The molecule has 1 amide bonds. The number of fused-ring (bicyclic) bond motifs is 4. The Morgan fingerprint density at radius 2 is 1.77 bits per heavy atom. The van der Waals surface area contributed by atoms with E-state index in [2.05, 4.69) is 53.8 Å². The molecule has 0 bridgehead atoms. The maximum Gasteiger partial charge on any atom is 0.410 e.